The van der Waals surface area contributed by atoms with Gasteiger partial charge in [-0.05, 0) is 42.5 Å². The summed E-state index contributed by atoms with van der Waals surface area (Å²) in [5.41, 5.74) is 9.61. The summed E-state index contributed by atoms with van der Waals surface area (Å²) in [4.78, 5) is 16.3. The number of nitrogen functional groups attached to an aromatic ring is 1. The van der Waals surface area contributed by atoms with Gasteiger partial charge in [-0.1, -0.05) is 6.07 Å². The van der Waals surface area contributed by atoms with E-state index >= 15 is 0 Å². The van der Waals surface area contributed by atoms with Crippen LogP contribution < -0.4 is 11.1 Å². The average molecular weight is 307 g/mol. The van der Waals surface area contributed by atoms with Crippen LogP contribution in [-0.4, -0.2) is 15.5 Å². The number of nitrogens with one attached hydrogen (secondary N) is 1. The Kier molecular flexibility index (Phi) is 4.53. The standard InChI is InChI=1S/C15H18N4O.ClH/c1-19-9-17-8-14(19)15(20)18-13-4-2-3-10-7-11(16)5-6-12(10)13;/h5-9,13H,2-4,16H2,1H3,(H,18,20);1H. The van der Waals surface area contributed by atoms with Crippen LogP contribution in [0.4, 0.5) is 5.69 Å². The van der Waals surface area contributed by atoms with E-state index in [0.29, 0.717) is 5.69 Å². The van der Waals surface area contributed by atoms with E-state index in [0.717, 1.165) is 24.9 Å². The maximum Gasteiger partial charge on any atom is 0.270 e. The van der Waals surface area contributed by atoms with Gasteiger partial charge in [0.2, 0.25) is 0 Å². The van der Waals surface area contributed by atoms with Crippen molar-refractivity contribution < 1.29 is 4.79 Å². The van der Waals surface area contributed by atoms with E-state index in [1.807, 2.05) is 25.2 Å². The fraction of sp³-hybridized carbons (Fsp3) is 0.333. The van der Waals surface area contributed by atoms with Crippen LogP contribution in [0.15, 0.2) is 30.7 Å². The number of anilines is 1. The molecule has 1 amide bonds. The number of aryl methyl sites for hydroxylation is 2. The minimum atomic E-state index is -0.0836. The zero-order valence-electron chi connectivity index (χ0n) is 11.9. The second kappa shape index (κ2) is 6.18. The molecule has 0 saturated carbocycles. The van der Waals surface area contributed by atoms with E-state index in [9.17, 15) is 4.79 Å². The molecule has 2 aromatic rings. The van der Waals surface area contributed by atoms with Crippen molar-refractivity contribution in [3.8, 4) is 0 Å². The molecule has 3 N–H and O–H groups in total. The number of imidazole rings is 1. The third-order valence-corrected chi connectivity index (χ3v) is 3.84. The van der Waals surface area contributed by atoms with Crippen LogP contribution in [0.25, 0.3) is 0 Å². The number of rotatable bonds is 2. The summed E-state index contributed by atoms with van der Waals surface area (Å²) in [5.74, 6) is -0.0836. The lowest BCUT2D eigenvalue weighted by molar-refractivity contribution is 0.0924. The maximum atomic E-state index is 12.3. The second-order valence-electron chi connectivity index (χ2n) is 5.27. The van der Waals surface area contributed by atoms with Crippen molar-refractivity contribution in [2.75, 3.05) is 5.73 Å². The molecule has 0 fully saturated rings. The summed E-state index contributed by atoms with van der Waals surface area (Å²) in [6.45, 7) is 0. The zero-order valence-corrected chi connectivity index (χ0v) is 12.7. The fourth-order valence-electron chi connectivity index (χ4n) is 2.79. The highest BCUT2D eigenvalue weighted by Crippen LogP contribution is 2.31. The number of nitrogens with zero attached hydrogens (tertiary/aromatic N) is 2. The first-order valence-corrected chi connectivity index (χ1v) is 6.80. The summed E-state index contributed by atoms with van der Waals surface area (Å²) >= 11 is 0. The number of carbonyl (C=O) groups excluding carboxylic acids is 1. The highest BCUT2D eigenvalue weighted by Gasteiger charge is 2.23. The number of halogens is 1. The molecule has 1 aliphatic rings. The smallest absolute Gasteiger partial charge is 0.270 e. The van der Waals surface area contributed by atoms with Crippen LogP contribution in [-0.2, 0) is 13.5 Å². The van der Waals surface area contributed by atoms with E-state index in [1.165, 1.54) is 11.1 Å². The molecule has 1 aromatic carbocycles. The van der Waals surface area contributed by atoms with Gasteiger partial charge in [0.25, 0.3) is 5.91 Å². The predicted molar refractivity (Wildman–Crippen MR) is 84.5 cm³/mol. The first-order valence-electron chi connectivity index (χ1n) is 6.80. The van der Waals surface area contributed by atoms with Crippen molar-refractivity contribution >= 4 is 24.0 Å². The molecule has 1 atom stereocenters. The Hall–Kier alpha value is -2.01. The van der Waals surface area contributed by atoms with Crippen LogP contribution in [0, 0.1) is 0 Å². The molecule has 0 spiro atoms. The van der Waals surface area contributed by atoms with Gasteiger partial charge in [-0.15, -0.1) is 12.4 Å². The maximum absolute atomic E-state index is 12.3. The molecule has 0 bridgehead atoms. The van der Waals surface area contributed by atoms with E-state index in [4.69, 9.17) is 5.73 Å². The van der Waals surface area contributed by atoms with Gasteiger partial charge in [0.15, 0.2) is 0 Å². The number of carbonyl (C=O) groups is 1. The third-order valence-electron chi connectivity index (χ3n) is 3.84. The van der Waals surface area contributed by atoms with E-state index in [1.54, 1.807) is 17.1 Å². The third kappa shape index (κ3) is 3.03. The average Bonchev–Trinajstić information content (AvgIpc) is 2.85. The highest BCUT2D eigenvalue weighted by molar-refractivity contribution is 5.92. The lowest BCUT2D eigenvalue weighted by Crippen LogP contribution is -2.32. The lowest BCUT2D eigenvalue weighted by Gasteiger charge is -2.26. The molecule has 21 heavy (non-hydrogen) atoms. The Balaban J connectivity index is 0.00000161. The summed E-state index contributed by atoms with van der Waals surface area (Å²) < 4.78 is 1.72. The first kappa shape index (κ1) is 15.4. The van der Waals surface area contributed by atoms with Crippen LogP contribution >= 0.6 is 12.4 Å². The second-order valence-corrected chi connectivity index (χ2v) is 5.27. The first-order chi connectivity index (χ1) is 9.65. The molecule has 1 aromatic heterocycles. The predicted octanol–water partition coefficient (Wildman–Crippen LogP) is 2.23. The number of nitrogens with two attached hydrogens (primary N) is 1. The minimum Gasteiger partial charge on any atom is -0.399 e. The molecule has 5 nitrogen and oxygen atoms in total. The molecule has 0 saturated heterocycles. The van der Waals surface area contributed by atoms with Gasteiger partial charge in [-0.25, -0.2) is 4.98 Å². The van der Waals surface area contributed by atoms with Gasteiger partial charge in [0.05, 0.1) is 18.6 Å². The Morgan fingerprint density at radius 1 is 1.48 bits per heavy atom. The number of aromatic nitrogens is 2. The molecule has 3 rings (SSSR count). The SMILES string of the molecule is Cl.Cn1cncc1C(=O)NC1CCCc2cc(N)ccc21. The van der Waals surface area contributed by atoms with Gasteiger partial charge in [0, 0.05) is 12.7 Å². The quantitative estimate of drug-likeness (QED) is 0.836. The van der Waals surface area contributed by atoms with Gasteiger partial charge in [0.1, 0.15) is 5.69 Å². The number of amides is 1. The van der Waals surface area contributed by atoms with Crippen LogP contribution in [0.1, 0.15) is 40.5 Å². The molecule has 1 unspecified atom stereocenters. The zero-order chi connectivity index (χ0) is 14.1. The number of hydrogen-bond acceptors (Lipinski definition) is 3. The molecule has 0 aliphatic heterocycles. The lowest BCUT2D eigenvalue weighted by atomic mass is 9.87. The Morgan fingerprint density at radius 2 is 2.29 bits per heavy atom. The van der Waals surface area contributed by atoms with Crippen molar-refractivity contribution in [1.82, 2.24) is 14.9 Å². The Morgan fingerprint density at radius 3 is 3.00 bits per heavy atom. The monoisotopic (exact) mass is 306 g/mol. The van der Waals surface area contributed by atoms with Gasteiger partial charge >= 0.3 is 0 Å². The molecule has 1 heterocycles. The van der Waals surface area contributed by atoms with Gasteiger partial charge in [-0.3, -0.25) is 4.79 Å². The summed E-state index contributed by atoms with van der Waals surface area (Å²) in [5, 5.41) is 3.10. The molecule has 0 radical (unpaired) electrons. The van der Waals surface area contributed by atoms with E-state index in [2.05, 4.69) is 10.3 Å². The van der Waals surface area contributed by atoms with E-state index < -0.39 is 0 Å². The summed E-state index contributed by atoms with van der Waals surface area (Å²) in [6, 6.07) is 5.99. The van der Waals surface area contributed by atoms with Gasteiger partial charge < -0.3 is 15.6 Å². The number of hydrogen-bond donors (Lipinski definition) is 2. The largest absolute Gasteiger partial charge is 0.399 e. The highest BCUT2D eigenvalue weighted by atomic mass is 35.5. The summed E-state index contributed by atoms with van der Waals surface area (Å²) in [7, 11) is 1.82. The molecule has 6 heteroatoms. The molecule has 1 aliphatic carbocycles. The van der Waals surface area contributed by atoms with Crippen LogP contribution in [0.3, 0.4) is 0 Å². The molecular weight excluding hydrogens is 288 g/mol. The van der Waals surface area contributed by atoms with Crippen molar-refractivity contribution in [3.63, 3.8) is 0 Å². The normalized spacial score (nSPS) is 16.7. The Labute approximate surface area is 130 Å². The van der Waals surface area contributed by atoms with E-state index in [-0.39, 0.29) is 24.4 Å². The van der Waals surface area contributed by atoms with Crippen molar-refractivity contribution in [2.45, 2.75) is 25.3 Å². The van der Waals surface area contributed by atoms with Gasteiger partial charge in [-0.2, -0.15) is 0 Å². The molecule has 112 valence electrons. The fourth-order valence-corrected chi connectivity index (χ4v) is 2.79. The number of fused-ring (bicyclic) bond motifs is 1. The van der Waals surface area contributed by atoms with Crippen molar-refractivity contribution in [1.29, 1.82) is 0 Å². The topological polar surface area (TPSA) is 72.9 Å². The van der Waals surface area contributed by atoms with Crippen LogP contribution in [0.2, 0.25) is 0 Å². The minimum absolute atomic E-state index is 0. The van der Waals surface area contributed by atoms with Crippen LogP contribution in [0.5, 0.6) is 0 Å². The number of benzene rings is 1. The molecular formula is C15H19ClN4O. The van der Waals surface area contributed by atoms with Crippen molar-refractivity contribution in [3.05, 3.63) is 47.5 Å². The summed E-state index contributed by atoms with van der Waals surface area (Å²) in [6.07, 6.45) is 6.26. The Bertz CT molecular complexity index is 653. The van der Waals surface area contributed by atoms with Crippen molar-refractivity contribution in [2.24, 2.45) is 7.05 Å².